The molecule has 2 saturated carbocycles. The highest BCUT2D eigenvalue weighted by Gasteiger charge is 2.61. The van der Waals surface area contributed by atoms with Crippen LogP contribution in [0.1, 0.15) is 84.0 Å². The Morgan fingerprint density at radius 3 is 2.60 bits per heavy atom. The minimum atomic E-state index is -1.51. The fourth-order valence-corrected chi connectivity index (χ4v) is 8.63. The van der Waals surface area contributed by atoms with Gasteiger partial charge < -0.3 is 40.2 Å². The molecule has 4 amide bonds. The van der Waals surface area contributed by atoms with Gasteiger partial charge in [-0.05, 0) is 63.5 Å². The van der Waals surface area contributed by atoms with Crippen molar-refractivity contribution in [2.75, 3.05) is 19.0 Å². The van der Waals surface area contributed by atoms with Crippen LogP contribution in [0.3, 0.4) is 0 Å². The van der Waals surface area contributed by atoms with Gasteiger partial charge in [-0.1, -0.05) is 31.9 Å². The number of carbonyl (C=O) groups excluding carboxylic acids is 4. The highest BCUT2D eigenvalue weighted by molar-refractivity contribution is 7.14. The molecule has 57 heavy (non-hydrogen) atoms. The van der Waals surface area contributed by atoms with Gasteiger partial charge in [-0.15, -0.1) is 11.3 Å². The van der Waals surface area contributed by atoms with Crippen LogP contribution in [-0.4, -0.2) is 93.2 Å². The molecule has 2 aromatic heterocycles. The number of alkyl carbamates (subject to hydrolysis) is 1. The number of methoxy groups -OCH3 is 1. The number of allylic oxidation sites excluding steroid dienone is 1. The first-order valence-corrected chi connectivity index (χ1v) is 20.5. The minimum absolute atomic E-state index is 0.0330. The number of aromatic nitrogens is 2. The van der Waals surface area contributed by atoms with Crippen molar-refractivity contribution in [3.8, 4) is 22.9 Å². The highest BCUT2D eigenvalue weighted by Crippen LogP contribution is 2.46. The summed E-state index contributed by atoms with van der Waals surface area (Å²) >= 11 is 1.17. The number of hydrogen-bond acceptors (Lipinski definition) is 11. The molecule has 2 aliphatic heterocycles. The summed E-state index contributed by atoms with van der Waals surface area (Å²) in [6.45, 7) is 1.62. The number of halogens is 1. The molecule has 4 aliphatic rings. The molecule has 3 aromatic rings. The van der Waals surface area contributed by atoms with Gasteiger partial charge in [-0.3, -0.25) is 14.4 Å². The van der Waals surface area contributed by atoms with Gasteiger partial charge in [0.1, 0.15) is 46.8 Å². The lowest BCUT2D eigenvalue weighted by atomic mass is 10.0. The molecule has 2 aliphatic carbocycles. The smallest absolute Gasteiger partial charge is 0.408 e. The first kappa shape index (κ1) is 39.9. The summed E-state index contributed by atoms with van der Waals surface area (Å²) in [5, 5.41) is 20.8. The lowest BCUT2D eigenvalue weighted by molar-refractivity contribution is -0.145. The molecule has 4 N–H and O–H groups in total. The number of hydrogen-bond donors (Lipinski definition) is 4. The number of nitrogens with one attached hydrogen (secondary N) is 3. The van der Waals surface area contributed by atoms with Crippen LogP contribution in [0, 0.1) is 11.7 Å². The van der Waals surface area contributed by atoms with Crippen molar-refractivity contribution in [3.63, 3.8) is 0 Å². The zero-order valence-corrected chi connectivity index (χ0v) is 32.7. The summed E-state index contributed by atoms with van der Waals surface area (Å²) in [6.07, 6.45) is 9.04. The van der Waals surface area contributed by atoms with Crippen LogP contribution in [0.4, 0.5) is 14.3 Å². The molecular formula is C40H47FN6O9S. The van der Waals surface area contributed by atoms with Gasteiger partial charge in [-0.25, -0.2) is 23.9 Å². The fraction of sp³-hybridized carbons (Fsp3) is 0.525. The topological polar surface area (TPSA) is 198 Å². The Bertz CT molecular complexity index is 2070. The van der Waals surface area contributed by atoms with Gasteiger partial charge in [-0.2, -0.15) is 0 Å². The summed E-state index contributed by atoms with van der Waals surface area (Å²) in [5.74, 6) is -3.58. The largest absolute Gasteiger partial charge is 0.494 e. The molecule has 15 nitrogen and oxygen atoms in total. The van der Waals surface area contributed by atoms with E-state index in [0.717, 1.165) is 38.5 Å². The van der Waals surface area contributed by atoms with Crippen molar-refractivity contribution in [2.24, 2.45) is 5.92 Å². The number of fused-ring (bicyclic) bond motifs is 3. The Labute approximate surface area is 332 Å². The van der Waals surface area contributed by atoms with Crippen molar-refractivity contribution in [2.45, 2.75) is 114 Å². The van der Waals surface area contributed by atoms with Crippen molar-refractivity contribution in [3.05, 3.63) is 41.5 Å². The van der Waals surface area contributed by atoms with Crippen molar-refractivity contribution < 1.29 is 47.7 Å². The summed E-state index contributed by atoms with van der Waals surface area (Å²) in [4.78, 5) is 76.8. The van der Waals surface area contributed by atoms with E-state index in [9.17, 15) is 29.1 Å². The Morgan fingerprint density at radius 1 is 1.05 bits per heavy atom. The summed E-state index contributed by atoms with van der Waals surface area (Å²) < 4.78 is 33.3. The zero-order valence-electron chi connectivity index (χ0n) is 31.9. The van der Waals surface area contributed by atoms with Crippen LogP contribution in [0.15, 0.2) is 35.7 Å². The second-order valence-corrected chi connectivity index (χ2v) is 15.9. The van der Waals surface area contributed by atoms with Gasteiger partial charge in [0.25, 0.3) is 0 Å². The van der Waals surface area contributed by atoms with Gasteiger partial charge in [0, 0.05) is 35.6 Å². The molecule has 4 heterocycles. The molecule has 7 rings (SSSR count). The molecule has 1 aromatic carbocycles. The van der Waals surface area contributed by atoms with E-state index >= 15 is 4.39 Å². The molecule has 0 spiro atoms. The Kier molecular flexibility index (Phi) is 11.9. The van der Waals surface area contributed by atoms with E-state index in [2.05, 4.69) is 25.9 Å². The van der Waals surface area contributed by atoms with E-state index in [1.54, 1.807) is 24.4 Å². The van der Waals surface area contributed by atoms with Gasteiger partial charge in [0.2, 0.25) is 17.7 Å². The lowest BCUT2D eigenvalue weighted by Crippen LogP contribution is -2.56. The molecule has 5 atom stereocenters. The molecule has 0 bridgehead atoms. The third-order valence-corrected chi connectivity index (χ3v) is 11.9. The van der Waals surface area contributed by atoms with E-state index < -0.39 is 59.3 Å². The Morgan fingerprint density at radius 2 is 1.84 bits per heavy atom. The van der Waals surface area contributed by atoms with E-state index in [1.807, 2.05) is 12.2 Å². The number of carboxylic acid groups (broad SMARTS) is 1. The summed E-state index contributed by atoms with van der Waals surface area (Å²) in [5.41, 5.74) is -1.00. The molecule has 0 radical (unpaired) electrons. The van der Waals surface area contributed by atoms with Gasteiger partial charge in [0.15, 0.2) is 16.7 Å². The Hall–Kier alpha value is -5.32. The molecular weight excluding hydrogens is 760 g/mol. The number of pyridine rings is 1. The van der Waals surface area contributed by atoms with Crippen molar-refractivity contribution in [1.29, 1.82) is 0 Å². The van der Waals surface area contributed by atoms with Crippen LogP contribution < -0.4 is 25.4 Å². The maximum atomic E-state index is 15.8. The van der Waals surface area contributed by atoms with Crippen LogP contribution >= 0.6 is 11.3 Å². The molecule has 1 saturated heterocycles. The first-order chi connectivity index (χ1) is 27.5. The maximum Gasteiger partial charge on any atom is 0.408 e. The zero-order chi connectivity index (χ0) is 40.3. The maximum absolute atomic E-state index is 15.8. The monoisotopic (exact) mass is 806 g/mol. The van der Waals surface area contributed by atoms with E-state index in [0.29, 0.717) is 35.5 Å². The molecule has 304 valence electrons. The van der Waals surface area contributed by atoms with Crippen LogP contribution in [0.2, 0.25) is 0 Å². The van der Waals surface area contributed by atoms with Crippen LogP contribution in [0.25, 0.3) is 22.3 Å². The number of carbonyl (C=O) groups is 5. The number of anilines is 1. The second kappa shape index (κ2) is 17.0. The standard InChI is InChI=1S/C40H47FN6O9S/c1-3-32(48)45-38-43-28(21-57-38)27-18-31(25-15-16-30(54-2)33(41)34(25)42-27)55-24-17-29-35(49)46-40(37(51)52)19-22(40)11-7-5-4-6-8-14-26(36(50)47(29)20-24)44-39(53)56-23-12-9-10-13-23/h7,11,15-16,18,21-24,26,29H,3-6,8-10,12-14,17,19-20H2,1-2H3,(H,44,53)(H,46,49)(H,51,52)(H,43,45,48)/b11-7-/t22-,24-,26+,29+,40-/m1/s1. The minimum Gasteiger partial charge on any atom is -0.494 e. The van der Waals surface area contributed by atoms with E-state index in [1.165, 1.54) is 29.4 Å². The second-order valence-electron chi connectivity index (χ2n) is 15.1. The number of nitrogens with zero attached hydrogens (tertiary/aromatic N) is 3. The predicted molar refractivity (Wildman–Crippen MR) is 207 cm³/mol. The van der Waals surface area contributed by atoms with Gasteiger partial charge >= 0.3 is 12.1 Å². The lowest BCUT2D eigenvalue weighted by Gasteiger charge is -2.29. The number of aliphatic carboxylic acids is 1. The fourth-order valence-electron chi connectivity index (χ4n) is 7.91. The number of ether oxygens (including phenoxy) is 3. The number of thiazole rings is 1. The molecule has 17 heteroatoms. The summed E-state index contributed by atoms with van der Waals surface area (Å²) in [7, 11) is 1.33. The first-order valence-electron chi connectivity index (χ1n) is 19.6. The number of amides is 4. The number of carboxylic acids is 1. The number of rotatable bonds is 9. The SMILES string of the molecule is CCC(=O)Nc1nc(-c2cc(O[C@@H]3C[C@H]4C(=O)N[C@]5(C(=O)O)C[C@H]5/C=C\CCCCC[C@H](NC(=O)OC5CCCC5)C(=O)N4C3)c3ccc(OC)c(F)c3n2)cs1. The van der Waals surface area contributed by atoms with Crippen molar-refractivity contribution in [1.82, 2.24) is 25.5 Å². The van der Waals surface area contributed by atoms with Gasteiger partial charge in [0.05, 0.1) is 19.3 Å². The average molecular weight is 807 g/mol. The average Bonchev–Trinajstić information content (AvgIpc) is 3.62. The predicted octanol–water partition coefficient (Wildman–Crippen LogP) is 5.72. The molecule has 3 fully saturated rings. The third-order valence-electron chi connectivity index (χ3n) is 11.2. The van der Waals surface area contributed by atoms with Crippen LogP contribution in [0.5, 0.6) is 11.5 Å². The normalized spacial score (nSPS) is 26.0. The summed E-state index contributed by atoms with van der Waals surface area (Å²) in [6, 6.07) is 2.44. The van der Waals surface area contributed by atoms with E-state index in [-0.39, 0.29) is 60.5 Å². The van der Waals surface area contributed by atoms with E-state index in [4.69, 9.17) is 14.2 Å². The van der Waals surface area contributed by atoms with Crippen molar-refractivity contribution >= 4 is 57.2 Å². The number of benzene rings is 1. The highest BCUT2D eigenvalue weighted by atomic mass is 32.1. The third kappa shape index (κ3) is 8.67. The Balaban J connectivity index is 1.22. The molecule has 0 unspecified atom stereocenters. The quantitative estimate of drug-likeness (QED) is 0.193. The van der Waals surface area contributed by atoms with Crippen LogP contribution in [-0.2, 0) is 23.9 Å².